The summed E-state index contributed by atoms with van der Waals surface area (Å²) >= 11 is 3.39. The van der Waals surface area contributed by atoms with Gasteiger partial charge in [0, 0.05) is 17.6 Å². The summed E-state index contributed by atoms with van der Waals surface area (Å²) in [4.78, 5) is 12.2. The van der Waals surface area contributed by atoms with Gasteiger partial charge in [0.2, 0.25) is 15.9 Å². The molecule has 1 aliphatic rings. The zero-order chi connectivity index (χ0) is 20.0. The number of hydrogen-bond donors (Lipinski definition) is 1. The van der Waals surface area contributed by atoms with E-state index in [1.54, 1.807) is 24.3 Å². The molecule has 28 heavy (non-hydrogen) atoms. The molecule has 2 aromatic carbocycles. The Balaban J connectivity index is 1.43. The first-order valence-corrected chi connectivity index (χ1v) is 11.4. The van der Waals surface area contributed by atoms with Gasteiger partial charge in [-0.1, -0.05) is 28.1 Å². The van der Waals surface area contributed by atoms with Crippen LogP contribution in [0.25, 0.3) is 0 Å². The van der Waals surface area contributed by atoms with Crippen LogP contribution in [0.2, 0.25) is 0 Å². The Morgan fingerprint density at radius 3 is 2.50 bits per heavy atom. The lowest BCUT2D eigenvalue weighted by molar-refractivity contribution is -0.120. The first kappa shape index (κ1) is 20.8. The molecule has 0 aromatic heterocycles. The van der Waals surface area contributed by atoms with Gasteiger partial charge in [0.1, 0.15) is 12.4 Å². The fourth-order valence-electron chi connectivity index (χ4n) is 3.04. The van der Waals surface area contributed by atoms with Crippen molar-refractivity contribution in [3.05, 3.63) is 58.6 Å². The number of carbonyl (C=O) groups is 1. The summed E-state index contributed by atoms with van der Waals surface area (Å²) in [6.07, 6.45) is 2.13. The van der Waals surface area contributed by atoms with Crippen molar-refractivity contribution in [1.82, 2.24) is 9.62 Å². The Morgan fingerprint density at radius 1 is 1.11 bits per heavy atom. The van der Waals surface area contributed by atoms with E-state index in [0.717, 1.165) is 22.9 Å². The second kappa shape index (κ2) is 9.54. The molecule has 0 atom stereocenters. The first-order chi connectivity index (χ1) is 13.4. The topological polar surface area (TPSA) is 75.7 Å². The molecule has 0 aliphatic carbocycles. The molecule has 1 amide bonds. The Labute approximate surface area is 174 Å². The van der Waals surface area contributed by atoms with Crippen LogP contribution in [-0.4, -0.2) is 44.9 Å². The number of sulfonamides is 1. The van der Waals surface area contributed by atoms with Crippen molar-refractivity contribution >= 4 is 31.9 Å². The maximum Gasteiger partial charge on any atom is 0.243 e. The van der Waals surface area contributed by atoms with E-state index in [1.807, 2.05) is 24.3 Å². The van der Waals surface area contributed by atoms with Crippen LogP contribution in [0.1, 0.15) is 18.4 Å². The number of nitrogens with one attached hydrogen (secondary N) is 1. The van der Waals surface area contributed by atoms with Gasteiger partial charge in [0.15, 0.2) is 0 Å². The van der Waals surface area contributed by atoms with Gasteiger partial charge in [0.25, 0.3) is 0 Å². The van der Waals surface area contributed by atoms with Crippen molar-refractivity contribution in [2.24, 2.45) is 0 Å². The Bertz CT molecular complexity index is 910. The summed E-state index contributed by atoms with van der Waals surface area (Å²) in [6.45, 7) is 1.85. The summed E-state index contributed by atoms with van der Waals surface area (Å²) in [5, 5.41) is 2.81. The molecule has 0 unspecified atom stereocenters. The molecular weight excluding hydrogens is 444 g/mol. The number of rotatable bonds is 8. The van der Waals surface area contributed by atoms with E-state index in [9.17, 15) is 13.2 Å². The number of nitrogens with zero attached hydrogens (tertiary/aromatic N) is 1. The summed E-state index contributed by atoms with van der Waals surface area (Å²) in [5.41, 5.74) is 0.933. The minimum absolute atomic E-state index is 0.0752. The molecule has 0 radical (unpaired) electrons. The average molecular weight is 467 g/mol. The van der Waals surface area contributed by atoms with E-state index in [4.69, 9.17) is 4.74 Å². The summed E-state index contributed by atoms with van der Waals surface area (Å²) < 4.78 is 33.0. The van der Waals surface area contributed by atoms with Crippen LogP contribution in [0.5, 0.6) is 5.75 Å². The van der Waals surface area contributed by atoms with Gasteiger partial charge in [0.05, 0.1) is 17.9 Å². The average Bonchev–Trinajstić information content (AvgIpc) is 3.21. The molecule has 150 valence electrons. The highest BCUT2D eigenvalue weighted by Gasteiger charge is 2.26. The molecule has 0 bridgehead atoms. The third-order valence-electron chi connectivity index (χ3n) is 4.47. The number of amides is 1. The molecule has 8 heteroatoms. The van der Waals surface area contributed by atoms with Crippen LogP contribution in [-0.2, 0) is 21.2 Å². The maximum atomic E-state index is 12.5. The third-order valence-corrected chi connectivity index (χ3v) is 6.88. The fraction of sp³-hybridized carbons (Fsp3) is 0.350. The van der Waals surface area contributed by atoms with Crippen LogP contribution < -0.4 is 10.1 Å². The summed E-state index contributed by atoms with van der Waals surface area (Å²) in [6, 6.07) is 14.0. The van der Waals surface area contributed by atoms with Crippen LogP contribution in [0, 0.1) is 0 Å². The lowest BCUT2D eigenvalue weighted by atomic mass is 10.1. The number of hydrogen-bond acceptors (Lipinski definition) is 4. The van der Waals surface area contributed by atoms with Crippen LogP contribution in [0.15, 0.2) is 57.9 Å². The lowest BCUT2D eigenvalue weighted by Gasteiger charge is -2.15. The number of ether oxygens (including phenoxy) is 1. The van der Waals surface area contributed by atoms with Crippen molar-refractivity contribution in [2.75, 3.05) is 26.2 Å². The van der Waals surface area contributed by atoms with Crippen molar-refractivity contribution in [3.8, 4) is 5.75 Å². The van der Waals surface area contributed by atoms with Gasteiger partial charge < -0.3 is 10.1 Å². The van der Waals surface area contributed by atoms with E-state index in [1.165, 1.54) is 4.31 Å². The standard InChI is InChI=1S/C20H23BrN2O4S/c21-17-5-3-4-16(14-17)15-20(24)22-10-13-27-18-6-8-19(9-7-18)28(25,26)23-11-1-2-12-23/h3-9,14H,1-2,10-13,15H2,(H,22,24). The highest BCUT2D eigenvalue weighted by molar-refractivity contribution is 9.10. The van der Waals surface area contributed by atoms with Gasteiger partial charge in [-0.3, -0.25) is 4.79 Å². The summed E-state index contributed by atoms with van der Waals surface area (Å²) in [5.74, 6) is 0.496. The summed E-state index contributed by atoms with van der Waals surface area (Å²) in [7, 11) is -3.41. The molecule has 1 saturated heterocycles. The van der Waals surface area contributed by atoms with Crippen LogP contribution in [0.3, 0.4) is 0 Å². The molecular formula is C20H23BrN2O4S. The molecule has 0 saturated carbocycles. The van der Waals surface area contributed by atoms with Crippen LogP contribution >= 0.6 is 15.9 Å². The molecule has 3 rings (SSSR count). The number of benzene rings is 2. The van der Waals surface area contributed by atoms with Gasteiger partial charge in [-0.2, -0.15) is 4.31 Å². The van der Waals surface area contributed by atoms with E-state index < -0.39 is 10.0 Å². The fourth-order valence-corrected chi connectivity index (χ4v) is 5.00. The van der Waals surface area contributed by atoms with Crippen molar-refractivity contribution in [3.63, 3.8) is 0 Å². The normalized spacial score (nSPS) is 14.8. The van der Waals surface area contributed by atoms with E-state index in [2.05, 4.69) is 21.2 Å². The minimum Gasteiger partial charge on any atom is -0.492 e. The Hall–Kier alpha value is -1.90. The highest BCUT2D eigenvalue weighted by atomic mass is 79.9. The molecule has 6 nitrogen and oxygen atoms in total. The SMILES string of the molecule is O=C(Cc1cccc(Br)c1)NCCOc1ccc(S(=O)(=O)N2CCCC2)cc1. The van der Waals surface area contributed by atoms with Crippen molar-refractivity contribution in [2.45, 2.75) is 24.2 Å². The van der Waals surface area contributed by atoms with Crippen molar-refractivity contribution in [1.29, 1.82) is 0 Å². The zero-order valence-electron chi connectivity index (χ0n) is 15.4. The van der Waals surface area contributed by atoms with E-state index >= 15 is 0 Å². The van der Waals surface area contributed by atoms with Gasteiger partial charge >= 0.3 is 0 Å². The number of carbonyl (C=O) groups excluding carboxylic acids is 1. The Kier molecular flexibility index (Phi) is 7.09. The first-order valence-electron chi connectivity index (χ1n) is 9.19. The maximum absolute atomic E-state index is 12.5. The number of halogens is 1. The zero-order valence-corrected chi connectivity index (χ0v) is 17.8. The predicted molar refractivity (Wildman–Crippen MR) is 111 cm³/mol. The third kappa shape index (κ3) is 5.56. The highest BCUT2D eigenvalue weighted by Crippen LogP contribution is 2.22. The molecule has 1 aliphatic heterocycles. The van der Waals surface area contributed by atoms with Crippen molar-refractivity contribution < 1.29 is 17.9 Å². The minimum atomic E-state index is -3.41. The largest absolute Gasteiger partial charge is 0.492 e. The molecule has 1 fully saturated rings. The molecule has 2 aromatic rings. The Morgan fingerprint density at radius 2 is 1.82 bits per heavy atom. The predicted octanol–water partition coefficient (Wildman–Crippen LogP) is 2.97. The lowest BCUT2D eigenvalue weighted by Crippen LogP contribution is -2.29. The second-order valence-electron chi connectivity index (χ2n) is 6.59. The quantitative estimate of drug-likeness (QED) is 0.606. The van der Waals surface area contributed by atoms with E-state index in [0.29, 0.717) is 38.4 Å². The molecule has 1 N–H and O–H groups in total. The second-order valence-corrected chi connectivity index (χ2v) is 9.44. The van der Waals surface area contributed by atoms with E-state index in [-0.39, 0.29) is 10.8 Å². The van der Waals surface area contributed by atoms with Gasteiger partial charge in [-0.15, -0.1) is 0 Å². The van der Waals surface area contributed by atoms with Gasteiger partial charge in [-0.25, -0.2) is 8.42 Å². The van der Waals surface area contributed by atoms with Crippen LogP contribution in [0.4, 0.5) is 0 Å². The molecule has 1 heterocycles. The monoisotopic (exact) mass is 466 g/mol. The molecule has 0 spiro atoms. The smallest absolute Gasteiger partial charge is 0.243 e. The van der Waals surface area contributed by atoms with Gasteiger partial charge in [-0.05, 0) is 54.8 Å².